The Morgan fingerprint density at radius 1 is 1.56 bits per heavy atom. The molecule has 0 saturated heterocycles. The Morgan fingerprint density at radius 3 is 2.22 bits per heavy atom. The van der Waals surface area contributed by atoms with Gasteiger partial charge in [0.2, 0.25) is 0 Å². The smallest absolute Gasteiger partial charge is 0.0724 e. The van der Waals surface area contributed by atoms with Gasteiger partial charge >= 0.3 is 0 Å². The van der Waals surface area contributed by atoms with E-state index in [4.69, 9.17) is 5.11 Å². The summed E-state index contributed by atoms with van der Waals surface area (Å²) in [7, 11) is 1.99. The van der Waals surface area contributed by atoms with Crippen molar-refractivity contribution in [2.45, 2.75) is 13.8 Å². The second kappa shape index (κ2) is 4.97. The highest BCUT2D eigenvalue weighted by molar-refractivity contribution is 8.12. The number of hydrogen-bond acceptors (Lipinski definition) is 1. The van der Waals surface area contributed by atoms with Crippen LogP contribution in [0.15, 0.2) is 0 Å². The first-order valence-corrected chi connectivity index (χ1v) is 4.56. The maximum absolute atomic E-state index is 8.67. The summed E-state index contributed by atoms with van der Waals surface area (Å²) in [5.74, 6) is 1.00. The highest BCUT2D eigenvalue weighted by Crippen LogP contribution is 2.13. The lowest BCUT2D eigenvalue weighted by atomic mass is 10.8. The van der Waals surface area contributed by atoms with Crippen LogP contribution in [-0.2, 0) is 0 Å². The molecule has 0 saturated carbocycles. The second-order valence-electron chi connectivity index (χ2n) is 1.74. The molecule has 3 heteroatoms. The minimum atomic E-state index is -0.0193. The standard InChI is InChI=1S/C6H15NOS/c1-4-7(3)9(5-2)6-8/h6,8H,4-5H2,1-3H3. The summed E-state index contributed by atoms with van der Waals surface area (Å²) in [4.78, 5) is 0. The van der Waals surface area contributed by atoms with Crippen molar-refractivity contribution in [2.24, 2.45) is 0 Å². The first-order valence-electron chi connectivity index (χ1n) is 3.14. The lowest BCUT2D eigenvalue weighted by Crippen LogP contribution is -2.11. The van der Waals surface area contributed by atoms with Crippen molar-refractivity contribution in [2.75, 3.05) is 19.3 Å². The Morgan fingerprint density at radius 2 is 2.11 bits per heavy atom. The normalized spacial score (nSPS) is 14.8. The van der Waals surface area contributed by atoms with Gasteiger partial charge in [0, 0.05) is 12.3 Å². The van der Waals surface area contributed by atoms with Crippen molar-refractivity contribution in [3.63, 3.8) is 0 Å². The monoisotopic (exact) mass is 149 g/mol. The summed E-state index contributed by atoms with van der Waals surface area (Å²) < 4.78 is 2.12. The lowest BCUT2D eigenvalue weighted by molar-refractivity contribution is 0.578. The molecule has 0 aliphatic heterocycles. The van der Waals surface area contributed by atoms with Crippen molar-refractivity contribution in [3.8, 4) is 0 Å². The van der Waals surface area contributed by atoms with Gasteiger partial charge in [-0.1, -0.05) is 24.5 Å². The topological polar surface area (TPSA) is 23.5 Å². The predicted octanol–water partition coefficient (Wildman–Crippen LogP) is 1.46. The molecule has 0 aliphatic rings. The zero-order valence-electron chi connectivity index (χ0n) is 6.29. The molecule has 0 aromatic heterocycles. The minimum Gasteiger partial charge on any atom is -0.361 e. The van der Waals surface area contributed by atoms with Gasteiger partial charge in [-0.2, -0.15) is 0 Å². The van der Waals surface area contributed by atoms with Crippen LogP contribution in [0.3, 0.4) is 0 Å². The van der Waals surface area contributed by atoms with E-state index in [0.717, 1.165) is 12.3 Å². The van der Waals surface area contributed by atoms with E-state index >= 15 is 0 Å². The van der Waals surface area contributed by atoms with Gasteiger partial charge in [0.15, 0.2) is 0 Å². The van der Waals surface area contributed by atoms with E-state index in [2.05, 4.69) is 18.2 Å². The molecule has 0 amide bonds. The Balaban J connectivity index is 3.80. The van der Waals surface area contributed by atoms with Crippen LogP contribution in [0, 0.1) is 0 Å². The first-order chi connectivity index (χ1) is 4.26. The summed E-state index contributed by atoms with van der Waals surface area (Å²) in [6.45, 7) is 5.15. The van der Waals surface area contributed by atoms with Crippen LogP contribution in [0.4, 0.5) is 0 Å². The van der Waals surface area contributed by atoms with Crippen molar-refractivity contribution < 1.29 is 5.11 Å². The molecular weight excluding hydrogens is 134 g/mol. The van der Waals surface area contributed by atoms with Crippen LogP contribution in [0.5, 0.6) is 0 Å². The van der Waals surface area contributed by atoms with E-state index in [-0.39, 0.29) is 10.7 Å². The van der Waals surface area contributed by atoms with Crippen LogP contribution in [-0.4, -0.2) is 34.3 Å². The van der Waals surface area contributed by atoms with E-state index in [9.17, 15) is 0 Å². The molecule has 9 heavy (non-hydrogen) atoms. The Kier molecular flexibility index (Phi) is 5.04. The summed E-state index contributed by atoms with van der Waals surface area (Å²) in [6.07, 6.45) is 0. The largest absolute Gasteiger partial charge is 0.361 e. The molecule has 0 aliphatic carbocycles. The molecule has 0 fully saturated rings. The van der Waals surface area contributed by atoms with Crippen LogP contribution in [0.1, 0.15) is 13.8 Å². The minimum absolute atomic E-state index is 0.0193. The maximum atomic E-state index is 8.67. The number of nitrogens with zero attached hydrogens (tertiary/aromatic N) is 1. The Bertz CT molecular complexity index is 103. The highest BCUT2D eigenvalue weighted by Gasteiger charge is 1.95. The fourth-order valence-corrected chi connectivity index (χ4v) is 1.62. The van der Waals surface area contributed by atoms with E-state index < -0.39 is 0 Å². The molecule has 1 atom stereocenters. The van der Waals surface area contributed by atoms with Gasteiger partial charge in [0.05, 0.1) is 5.55 Å². The average molecular weight is 149 g/mol. The van der Waals surface area contributed by atoms with Crippen LogP contribution in [0.25, 0.3) is 0 Å². The van der Waals surface area contributed by atoms with Gasteiger partial charge in [-0.15, -0.1) is 0 Å². The van der Waals surface area contributed by atoms with Crippen molar-refractivity contribution in [3.05, 3.63) is 0 Å². The van der Waals surface area contributed by atoms with E-state index in [1.165, 1.54) is 5.55 Å². The fraction of sp³-hybridized carbons (Fsp3) is 0.833. The van der Waals surface area contributed by atoms with Gasteiger partial charge in [-0.3, -0.25) is 4.31 Å². The summed E-state index contributed by atoms with van der Waals surface area (Å²) in [6, 6.07) is 0. The quantitative estimate of drug-likeness (QED) is 0.614. The molecule has 0 radical (unpaired) electrons. The molecule has 2 nitrogen and oxygen atoms in total. The Labute approximate surface area is 59.5 Å². The summed E-state index contributed by atoms with van der Waals surface area (Å²) in [5, 5.41) is 8.67. The lowest BCUT2D eigenvalue weighted by Gasteiger charge is -2.16. The SMILES string of the molecule is CCN(C)S(=CO)CC. The number of rotatable bonds is 3. The van der Waals surface area contributed by atoms with Gasteiger partial charge < -0.3 is 5.11 Å². The molecular formula is C6H15NOS. The van der Waals surface area contributed by atoms with Gasteiger partial charge in [-0.05, 0) is 7.05 Å². The Hall–Kier alpha value is 0.140. The van der Waals surface area contributed by atoms with Crippen LogP contribution in [0.2, 0.25) is 0 Å². The molecule has 0 bridgehead atoms. The predicted molar refractivity (Wildman–Crippen MR) is 45.1 cm³/mol. The number of hydrogen-bond donors (Lipinski definition) is 1. The fourth-order valence-electron chi connectivity index (χ4n) is 0.541. The van der Waals surface area contributed by atoms with Crippen LogP contribution < -0.4 is 0 Å². The van der Waals surface area contributed by atoms with Crippen molar-refractivity contribution in [1.29, 1.82) is 0 Å². The summed E-state index contributed by atoms with van der Waals surface area (Å²) in [5.41, 5.74) is 1.28. The molecule has 0 aromatic rings. The third kappa shape index (κ3) is 2.98. The first kappa shape index (κ1) is 9.14. The third-order valence-electron chi connectivity index (χ3n) is 1.26. The van der Waals surface area contributed by atoms with Crippen molar-refractivity contribution in [1.82, 2.24) is 4.31 Å². The third-order valence-corrected chi connectivity index (χ3v) is 3.16. The van der Waals surface area contributed by atoms with Gasteiger partial charge in [0.1, 0.15) is 0 Å². The molecule has 1 unspecified atom stereocenters. The van der Waals surface area contributed by atoms with Gasteiger partial charge in [-0.25, -0.2) is 0 Å². The second-order valence-corrected chi connectivity index (χ2v) is 3.95. The molecule has 56 valence electrons. The summed E-state index contributed by atoms with van der Waals surface area (Å²) >= 11 is 0. The zero-order valence-corrected chi connectivity index (χ0v) is 7.11. The van der Waals surface area contributed by atoms with Crippen LogP contribution >= 0.6 is 10.7 Å². The number of aliphatic hydroxyl groups excluding tert-OH is 1. The molecule has 0 rings (SSSR count). The van der Waals surface area contributed by atoms with E-state index in [1.807, 2.05) is 7.05 Å². The van der Waals surface area contributed by atoms with Gasteiger partial charge in [0.25, 0.3) is 0 Å². The van der Waals surface area contributed by atoms with Crippen molar-refractivity contribution >= 4 is 16.2 Å². The molecule has 0 aromatic carbocycles. The maximum Gasteiger partial charge on any atom is 0.0724 e. The molecule has 0 heterocycles. The average Bonchev–Trinajstić information content (AvgIpc) is 1.90. The molecule has 1 N–H and O–H groups in total. The van der Waals surface area contributed by atoms with E-state index in [1.54, 1.807) is 0 Å². The zero-order chi connectivity index (χ0) is 7.28. The highest BCUT2D eigenvalue weighted by atomic mass is 32.2. The van der Waals surface area contributed by atoms with E-state index in [0.29, 0.717) is 0 Å². The molecule has 0 spiro atoms. The number of aliphatic hydroxyl groups is 1.